The fourth-order valence-corrected chi connectivity index (χ4v) is 0. The van der Waals surface area contributed by atoms with Gasteiger partial charge < -0.3 is 0 Å². The molecule has 2 heteroatoms. The van der Waals surface area contributed by atoms with E-state index in [1.807, 2.05) is 0 Å². The van der Waals surface area contributed by atoms with Gasteiger partial charge in [0.2, 0.25) is 0 Å². The van der Waals surface area contributed by atoms with Crippen molar-refractivity contribution >= 4 is 13.3 Å². The summed E-state index contributed by atoms with van der Waals surface area (Å²) in [6.45, 7) is 0. The molecule has 0 N–H and O–H groups in total. The predicted molar refractivity (Wildman–Crippen MR) is 29.2 cm³/mol. The maximum absolute atomic E-state index is 2.38. The summed E-state index contributed by atoms with van der Waals surface area (Å²) in [5, 5.41) is 0. The molecule has 0 fully saturated rings. The van der Waals surface area contributed by atoms with Gasteiger partial charge in [-0.15, -0.1) is 0 Å². The summed E-state index contributed by atoms with van der Waals surface area (Å²) < 4.78 is 0. The van der Waals surface area contributed by atoms with Crippen LogP contribution in [0.1, 0.15) is 0 Å². The zero-order valence-electron chi connectivity index (χ0n) is 5.00. The van der Waals surface area contributed by atoms with E-state index in [1.165, 1.54) is 0 Å². The van der Waals surface area contributed by atoms with Gasteiger partial charge >= 0.3 is 36.3 Å². The standard InChI is InChI=1S/C4H12Ge.Hf/c1-5(2,3)4;/h1-4H3;. The second-order valence-electron chi connectivity index (χ2n) is 3.00. The summed E-state index contributed by atoms with van der Waals surface area (Å²) >= 11 is -1.00. The fourth-order valence-electron chi connectivity index (χ4n) is 0. The molecular weight excluding hydrogens is 299 g/mol. The van der Waals surface area contributed by atoms with Gasteiger partial charge in [-0.05, 0) is 0 Å². The van der Waals surface area contributed by atoms with Crippen molar-refractivity contribution in [2.75, 3.05) is 0 Å². The quantitative estimate of drug-likeness (QED) is 0.600. The summed E-state index contributed by atoms with van der Waals surface area (Å²) in [7, 11) is 0. The van der Waals surface area contributed by atoms with Crippen LogP contribution in [0, 0.1) is 0 Å². The second kappa shape index (κ2) is 3.42. The van der Waals surface area contributed by atoms with Crippen molar-refractivity contribution in [3.8, 4) is 0 Å². The number of hydrogen-bond acceptors (Lipinski definition) is 0. The molecule has 0 unspecified atom stereocenters. The molecule has 0 radical (unpaired) electrons. The first-order valence-electron chi connectivity index (χ1n) is 2.00. The zero-order chi connectivity index (χ0) is 4.50. The largest absolute Gasteiger partial charge is 0 e. The van der Waals surface area contributed by atoms with Crippen molar-refractivity contribution in [1.82, 2.24) is 0 Å². The van der Waals surface area contributed by atoms with Crippen LogP contribution in [0.25, 0.3) is 0 Å². The molecule has 0 spiro atoms. The van der Waals surface area contributed by atoms with E-state index in [4.69, 9.17) is 0 Å². The van der Waals surface area contributed by atoms with E-state index >= 15 is 0 Å². The smallest absolute Gasteiger partial charge is 0 e. The van der Waals surface area contributed by atoms with Crippen molar-refractivity contribution in [3.05, 3.63) is 0 Å². The molecule has 0 saturated heterocycles. The van der Waals surface area contributed by atoms with Crippen LogP contribution < -0.4 is 0 Å². The van der Waals surface area contributed by atoms with Gasteiger partial charge in [-0.2, -0.15) is 0 Å². The monoisotopic (exact) mass is 314 g/mol. The van der Waals surface area contributed by atoms with Crippen LogP contribution in [0.3, 0.4) is 0 Å². The maximum atomic E-state index is 2.38. The first-order valence-corrected chi connectivity index (χ1v) is 10.4. The molecule has 36 valence electrons. The number of hydrogen-bond donors (Lipinski definition) is 0. The molecule has 0 aliphatic rings. The Morgan fingerprint density at radius 2 is 0.833 bits per heavy atom. The normalized spacial score (nSPS) is 10.0. The average molecular weight is 311 g/mol. The minimum atomic E-state index is -1.00. The third kappa shape index (κ3) is 52.8. The molecule has 0 aromatic carbocycles. The van der Waals surface area contributed by atoms with E-state index < -0.39 is 13.3 Å². The van der Waals surface area contributed by atoms with Gasteiger partial charge in [0.15, 0.2) is 0 Å². The van der Waals surface area contributed by atoms with E-state index in [1.54, 1.807) is 0 Å². The first-order chi connectivity index (χ1) is 2.00. The molecule has 0 amide bonds. The second-order valence-corrected chi connectivity index (χ2v) is 15.6. The Morgan fingerprint density at radius 3 is 0.833 bits per heavy atom. The fraction of sp³-hybridized carbons (Fsp3) is 1.00. The third-order valence-corrected chi connectivity index (χ3v) is 0. The van der Waals surface area contributed by atoms with Crippen LogP contribution in [0.15, 0.2) is 0 Å². The summed E-state index contributed by atoms with van der Waals surface area (Å²) in [5.41, 5.74) is 0. The SMILES string of the molecule is [CH3][Ge]([CH3])([CH3])[CH3].[Hf]. The zero-order valence-corrected chi connectivity index (χ0v) is 10.7. The molecule has 6 heavy (non-hydrogen) atoms. The van der Waals surface area contributed by atoms with Gasteiger partial charge in [0.1, 0.15) is 0 Å². The van der Waals surface area contributed by atoms with Crippen LogP contribution in [0.2, 0.25) is 23.0 Å². The Morgan fingerprint density at radius 1 is 0.833 bits per heavy atom. The molecule has 0 atom stereocenters. The van der Waals surface area contributed by atoms with Gasteiger partial charge in [0.05, 0.1) is 0 Å². The Hall–Kier alpha value is 1.41. The van der Waals surface area contributed by atoms with Gasteiger partial charge in [-0.25, -0.2) is 0 Å². The summed E-state index contributed by atoms with van der Waals surface area (Å²) in [5.74, 6) is 9.50. The molecule has 0 aromatic rings. The Kier molecular flexibility index (Phi) is 5.93. The molecule has 0 aliphatic carbocycles. The molecule has 0 aromatic heterocycles. The van der Waals surface area contributed by atoms with Crippen molar-refractivity contribution in [1.29, 1.82) is 0 Å². The van der Waals surface area contributed by atoms with Crippen LogP contribution in [0.5, 0.6) is 0 Å². The van der Waals surface area contributed by atoms with Crippen LogP contribution in [0.4, 0.5) is 0 Å². The molecule has 0 saturated carbocycles. The molecule has 0 heterocycles. The summed E-state index contributed by atoms with van der Waals surface area (Å²) in [6, 6.07) is 0. The van der Waals surface area contributed by atoms with Gasteiger partial charge in [0.25, 0.3) is 0 Å². The minimum Gasteiger partial charge on any atom is 0 e. The van der Waals surface area contributed by atoms with Crippen LogP contribution >= 0.6 is 0 Å². The van der Waals surface area contributed by atoms with Gasteiger partial charge in [-0.1, -0.05) is 0 Å². The number of rotatable bonds is 0. The summed E-state index contributed by atoms with van der Waals surface area (Å²) in [4.78, 5) is 0. The van der Waals surface area contributed by atoms with Crippen LogP contribution in [-0.4, -0.2) is 13.3 Å². The molecule has 0 rings (SSSR count). The molecule has 0 aliphatic heterocycles. The first kappa shape index (κ1) is 10.4. The van der Waals surface area contributed by atoms with Crippen molar-refractivity contribution < 1.29 is 25.8 Å². The van der Waals surface area contributed by atoms with Crippen LogP contribution in [-0.2, 0) is 25.8 Å². The Balaban J connectivity index is 0. The van der Waals surface area contributed by atoms with E-state index in [2.05, 4.69) is 23.0 Å². The molecule has 0 bridgehead atoms. The topological polar surface area (TPSA) is 0 Å². The van der Waals surface area contributed by atoms with E-state index in [-0.39, 0.29) is 25.8 Å². The third-order valence-electron chi connectivity index (χ3n) is 0. The molecular formula is C4H12GeHf. The van der Waals surface area contributed by atoms with E-state index in [0.29, 0.717) is 0 Å². The Labute approximate surface area is 61.8 Å². The van der Waals surface area contributed by atoms with Gasteiger partial charge in [0, 0.05) is 25.8 Å². The average Bonchev–Trinajstić information content (AvgIpc) is 0.722. The van der Waals surface area contributed by atoms with E-state index in [9.17, 15) is 0 Å². The van der Waals surface area contributed by atoms with Crippen molar-refractivity contribution in [2.45, 2.75) is 23.0 Å². The van der Waals surface area contributed by atoms with E-state index in [0.717, 1.165) is 0 Å². The van der Waals surface area contributed by atoms with Crippen molar-refractivity contribution in [3.63, 3.8) is 0 Å². The maximum Gasteiger partial charge on any atom is 0 e. The summed E-state index contributed by atoms with van der Waals surface area (Å²) in [6.07, 6.45) is 0. The molecule has 0 nitrogen and oxygen atoms in total. The predicted octanol–water partition coefficient (Wildman–Crippen LogP) is 1.95. The van der Waals surface area contributed by atoms with Gasteiger partial charge in [-0.3, -0.25) is 0 Å². The minimum absolute atomic E-state index is 0. The van der Waals surface area contributed by atoms with Crippen molar-refractivity contribution in [2.24, 2.45) is 0 Å². The Bertz CT molecular complexity index is 23.0.